The van der Waals surface area contributed by atoms with Gasteiger partial charge in [-0.15, -0.1) is 0 Å². The van der Waals surface area contributed by atoms with Crippen LogP contribution < -0.4 is 10.2 Å². The van der Waals surface area contributed by atoms with E-state index in [4.69, 9.17) is 9.47 Å². The van der Waals surface area contributed by atoms with Crippen LogP contribution >= 0.6 is 11.8 Å². The Balaban J connectivity index is 2.02. The Morgan fingerprint density at radius 1 is 1.37 bits per heavy atom. The predicted molar refractivity (Wildman–Crippen MR) is 78.0 cm³/mol. The zero-order valence-electron chi connectivity index (χ0n) is 11.0. The molecule has 0 unspecified atom stereocenters. The minimum Gasteiger partial charge on any atom is -0.496 e. The first-order chi connectivity index (χ1) is 9.20. The molecule has 1 fully saturated rings. The third-order valence-corrected chi connectivity index (χ3v) is 4.67. The molecule has 0 aromatic heterocycles. The van der Waals surface area contributed by atoms with Crippen molar-refractivity contribution >= 4 is 24.3 Å². The molecule has 2 rings (SSSR count). The molecule has 4 nitrogen and oxygen atoms in total. The number of thioether (sulfide) groups is 1. The average Bonchev–Trinajstić information content (AvgIpc) is 2.45. The first-order valence-electron chi connectivity index (χ1n) is 6.43. The molecule has 6 heteroatoms. The molecule has 0 amide bonds. The second kappa shape index (κ2) is 7.19. The summed E-state index contributed by atoms with van der Waals surface area (Å²) in [5.74, 6) is 1.61. The highest BCUT2D eigenvalue weighted by Gasteiger charge is 2.17. The maximum absolute atomic E-state index is 9.22. The van der Waals surface area contributed by atoms with Gasteiger partial charge < -0.3 is 19.5 Å². The molecular weight excluding hydrogens is 263 g/mol. The Bertz CT molecular complexity index is 408. The molecular formula is C13H19BO4S. The molecule has 1 aliphatic rings. The van der Waals surface area contributed by atoms with Gasteiger partial charge in [-0.25, -0.2) is 0 Å². The largest absolute Gasteiger partial charge is 0.496 e. The van der Waals surface area contributed by atoms with Gasteiger partial charge in [0.25, 0.3) is 0 Å². The van der Waals surface area contributed by atoms with Crippen LogP contribution in [-0.4, -0.2) is 42.7 Å². The summed E-state index contributed by atoms with van der Waals surface area (Å²) < 4.78 is 10.7. The van der Waals surface area contributed by atoms with Gasteiger partial charge >= 0.3 is 7.12 Å². The van der Waals surface area contributed by atoms with Crippen molar-refractivity contribution in [2.75, 3.05) is 20.3 Å². The Morgan fingerprint density at radius 3 is 2.74 bits per heavy atom. The molecule has 1 saturated heterocycles. The molecule has 2 N–H and O–H groups in total. The minimum atomic E-state index is -1.43. The summed E-state index contributed by atoms with van der Waals surface area (Å²) in [6, 6.07) is 5.26. The molecule has 19 heavy (non-hydrogen) atoms. The van der Waals surface area contributed by atoms with Gasteiger partial charge in [0.05, 0.1) is 7.11 Å². The molecule has 0 atom stereocenters. The second-order valence-corrected chi connectivity index (χ2v) is 5.86. The van der Waals surface area contributed by atoms with Crippen LogP contribution in [0.15, 0.2) is 18.2 Å². The first-order valence-corrected chi connectivity index (χ1v) is 7.48. The Kier molecular flexibility index (Phi) is 5.57. The van der Waals surface area contributed by atoms with E-state index in [1.54, 1.807) is 25.3 Å². The van der Waals surface area contributed by atoms with Crippen molar-refractivity contribution in [2.45, 2.75) is 23.8 Å². The van der Waals surface area contributed by atoms with Gasteiger partial charge in [-0.1, -0.05) is 12.1 Å². The quantitative estimate of drug-likeness (QED) is 0.782. The van der Waals surface area contributed by atoms with Crippen molar-refractivity contribution in [3.63, 3.8) is 0 Å². The van der Waals surface area contributed by atoms with Crippen molar-refractivity contribution < 1.29 is 19.5 Å². The third kappa shape index (κ3) is 4.14. The third-order valence-electron chi connectivity index (χ3n) is 3.25. The lowest BCUT2D eigenvalue weighted by molar-refractivity contribution is 0.1000. The second-order valence-electron chi connectivity index (χ2n) is 4.57. The summed E-state index contributed by atoms with van der Waals surface area (Å²) >= 11 is 1.88. The van der Waals surface area contributed by atoms with Gasteiger partial charge in [0.1, 0.15) is 5.75 Å². The lowest BCUT2D eigenvalue weighted by Gasteiger charge is -2.22. The van der Waals surface area contributed by atoms with E-state index in [2.05, 4.69) is 0 Å². The fourth-order valence-corrected chi connectivity index (χ4v) is 3.29. The maximum atomic E-state index is 9.22. The summed E-state index contributed by atoms with van der Waals surface area (Å²) in [7, 11) is 0.199. The normalized spacial score (nSPS) is 16.4. The molecule has 0 bridgehead atoms. The van der Waals surface area contributed by atoms with E-state index in [9.17, 15) is 10.0 Å². The molecule has 1 heterocycles. The zero-order valence-corrected chi connectivity index (χ0v) is 11.9. The van der Waals surface area contributed by atoms with E-state index in [0.29, 0.717) is 10.7 Å². The molecule has 1 aliphatic heterocycles. The number of hydrogen-bond acceptors (Lipinski definition) is 5. The van der Waals surface area contributed by atoms with Gasteiger partial charge in [0.15, 0.2) is 0 Å². The number of rotatable bonds is 5. The zero-order chi connectivity index (χ0) is 13.7. The standard InChI is InChI=1S/C13H19BO4S/c1-17-13-3-2-11(14(15)16)8-10(13)9-19-12-4-6-18-7-5-12/h2-3,8,12,15-16H,4-7,9H2,1H3. The van der Waals surface area contributed by atoms with Gasteiger partial charge in [-0.3, -0.25) is 0 Å². The van der Waals surface area contributed by atoms with Crippen molar-refractivity contribution in [1.29, 1.82) is 0 Å². The lowest BCUT2D eigenvalue weighted by Crippen LogP contribution is -2.30. The number of benzene rings is 1. The maximum Gasteiger partial charge on any atom is 0.488 e. The molecule has 1 aromatic carbocycles. The van der Waals surface area contributed by atoms with Crippen LogP contribution in [0.2, 0.25) is 0 Å². The van der Waals surface area contributed by atoms with Crippen LogP contribution in [0.4, 0.5) is 0 Å². The monoisotopic (exact) mass is 282 g/mol. The molecule has 104 valence electrons. The van der Waals surface area contributed by atoms with Crippen LogP contribution in [0.5, 0.6) is 5.75 Å². The van der Waals surface area contributed by atoms with Crippen LogP contribution in [0, 0.1) is 0 Å². The highest BCUT2D eigenvalue weighted by atomic mass is 32.2. The van der Waals surface area contributed by atoms with Gasteiger partial charge in [-0.2, -0.15) is 11.8 Å². The predicted octanol–water partition coefficient (Wildman–Crippen LogP) is 0.787. The highest BCUT2D eigenvalue weighted by Crippen LogP contribution is 2.29. The number of methoxy groups -OCH3 is 1. The molecule has 0 saturated carbocycles. The Labute approximate surface area is 118 Å². The van der Waals surface area contributed by atoms with Crippen LogP contribution in [0.25, 0.3) is 0 Å². The fraction of sp³-hybridized carbons (Fsp3) is 0.538. The molecule has 0 spiro atoms. The van der Waals surface area contributed by atoms with Crippen molar-refractivity contribution in [2.24, 2.45) is 0 Å². The van der Waals surface area contributed by atoms with E-state index in [0.717, 1.165) is 43.1 Å². The SMILES string of the molecule is COc1ccc(B(O)O)cc1CSC1CCOCC1. The van der Waals surface area contributed by atoms with Crippen molar-refractivity contribution in [3.8, 4) is 5.75 Å². The smallest absolute Gasteiger partial charge is 0.488 e. The summed E-state index contributed by atoms with van der Waals surface area (Å²) in [5.41, 5.74) is 1.51. The van der Waals surface area contributed by atoms with Gasteiger partial charge in [0.2, 0.25) is 0 Å². The lowest BCUT2D eigenvalue weighted by atomic mass is 9.79. The van der Waals surface area contributed by atoms with Crippen molar-refractivity contribution in [1.82, 2.24) is 0 Å². The molecule has 0 radical (unpaired) electrons. The first kappa shape index (κ1) is 14.7. The number of hydrogen-bond donors (Lipinski definition) is 2. The summed E-state index contributed by atoms with van der Waals surface area (Å²) in [6.45, 7) is 1.67. The van der Waals surface area contributed by atoms with Crippen LogP contribution in [-0.2, 0) is 10.5 Å². The van der Waals surface area contributed by atoms with E-state index in [1.807, 2.05) is 11.8 Å². The summed E-state index contributed by atoms with van der Waals surface area (Å²) in [6.07, 6.45) is 2.16. The summed E-state index contributed by atoms with van der Waals surface area (Å²) in [5, 5.41) is 19.1. The van der Waals surface area contributed by atoms with E-state index >= 15 is 0 Å². The highest BCUT2D eigenvalue weighted by molar-refractivity contribution is 7.99. The molecule has 1 aromatic rings. The Morgan fingerprint density at radius 2 is 2.11 bits per heavy atom. The van der Waals surface area contributed by atoms with E-state index in [-0.39, 0.29) is 0 Å². The topological polar surface area (TPSA) is 58.9 Å². The van der Waals surface area contributed by atoms with E-state index in [1.165, 1.54) is 0 Å². The minimum absolute atomic E-state index is 0.503. The van der Waals surface area contributed by atoms with Gasteiger partial charge in [0, 0.05) is 29.8 Å². The van der Waals surface area contributed by atoms with Crippen molar-refractivity contribution in [3.05, 3.63) is 23.8 Å². The summed E-state index contributed by atoms with van der Waals surface area (Å²) in [4.78, 5) is 0. The van der Waals surface area contributed by atoms with Crippen LogP contribution in [0.1, 0.15) is 18.4 Å². The average molecular weight is 282 g/mol. The Hall–Kier alpha value is -0.685. The number of ether oxygens (including phenoxy) is 2. The molecule has 0 aliphatic carbocycles. The fourth-order valence-electron chi connectivity index (χ4n) is 2.12. The van der Waals surface area contributed by atoms with E-state index < -0.39 is 7.12 Å². The van der Waals surface area contributed by atoms with Gasteiger partial charge in [-0.05, 0) is 24.4 Å². The van der Waals surface area contributed by atoms with Crippen LogP contribution in [0.3, 0.4) is 0 Å².